The molecular weight excluding hydrogens is 204 g/mol. The van der Waals surface area contributed by atoms with Crippen molar-refractivity contribution < 1.29 is 9.59 Å². The lowest BCUT2D eigenvalue weighted by atomic mass is 10.1. The summed E-state index contributed by atoms with van der Waals surface area (Å²) in [6.07, 6.45) is 0.330. The van der Waals surface area contributed by atoms with Gasteiger partial charge in [-0.3, -0.25) is 9.59 Å². The number of halogens is 1. The first-order valence-electron chi connectivity index (χ1n) is 3.89. The van der Waals surface area contributed by atoms with Crippen LogP contribution in [0.2, 0.25) is 0 Å². The predicted octanol–water partition coefficient (Wildman–Crippen LogP) is 0.702. The van der Waals surface area contributed by atoms with Crippen LogP contribution in [0.5, 0.6) is 0 Å². The number of amides is 2. The molecule has 2 amide bonds. The van der Waals surface area contributed by atoms with E-state index in [1.54, 1.807) is 18.2 Å². The molecule has 1 aromatic rings. The van der Waals surface area contributed by atoms with Crippen LogP contribution < -0.4 is 11.1 Å². The molecule has 0 saturated carbocycles. The average molecular weight is 213 g/mol. The third kappa shape index (κ3) is 1.70. The van der Waals surface area contributed by atoms with E-state index in [9.17, 15) is 9.59 Å². The molecule has 0 spiro atoms. The second-order valence-electron chi connectivity index (χ2n) is 2.96. The number of carbonyl (C=O) groups excluding carboxylic acids is 2. The van der Waals surface area contributed by atoms with Gasteiger partial charge in [0.1, 0.15) is 0 Å². The Bertz CT molecular complexity index is 404. The summed E-state index contributed by atoms with van der Waals surface area (Å²) in [6, 6.07) is 4.95. The van der Waals surface area contributed by atoms with Crippen LogP contribution in [0.4, 0.5) is 5.69 Å². The molecule has 0 fully saturated rings. The van der Waals surface area contributed by atoms with Gasteiger partial charge in [0.2, 0.25) is 11.8 Å². The van der Waals surface area contributed by atoms with Crippen LogP contribution in [-0.2, 0) is 11.2 Å². The van der Waals surface area contributed by atoms with E-state index >= 15 is 0 Å². The zero-order valence-corrected chi connectivity index (χ0v) is 8.06. The first-order valence-corrected chi connectivity index (χ1v) is 3.89. The second-order valence-corrected chi connectivity index (χ2v) is 2.96. The Morgan fingerprint density at radius 3 is 2.79 bits per heavy atom. The van der Waals surface area contributed by atoms with E-state index in [4.69, 9.17) is 5.73 Å². The SMILES string of the molecule is Cl.NC(=O)c1ccc2c(c1)CC(=O)N2. The normalized spacial score (nSPS) is 12.7. The van der Waals surface area contributed by atoms with Crippen LogP contribution in [0, 0.1) is 0 Å². The standard InChI is InChI=1S/C9H8N2O2.ClH/c10-9(13)5-1-2-7-6(3-5)4-8(12)11-7;/h1-3H,4H2,(H2,10,13)(H,11,12);1H. The third-order valence-corrected chi connectivity index (χ3v) is 2.01. The Hall–Kier alpha value is -1.55. The fourth-order valence-electron chi connectivity index (χ4n) is 1.38. The van der Waals surface area contributed by atoms with Gasteiger partial charge >= 0.3 is 0 Å². The van der Waals surface area contributed by atoms with Crippen molar-refractivity contribution in [3.05, 3.63) is 29.3 Å². The quantitative estimate of drug-likeness (QED) is 0.720. The van der Waals surface area contributed by atoms with E-state index < -0.39 is 5.91 Å². The largest absolute Gasteiger partial charge is 0.366 e. The summed E-state index contributed by atoms with van der Waals surface area (Å²) >= 11 is 0. The van der Waals surface area contributed by atoms with Crippen molar-refractivity contribution in [3.63, 3.8) is 0 Å². The Balaban J connectivity index is 0.000000980. The highest BCUT2D eigenvalue weighted by molar-refractivity contribution is 6.01. The summed E-state index contributed by atoms with van der Waals surface area (Å²) < 4.78 is 0. The molecule has 0 aromatic heterocycles. The van der Waals surface area contributed by atoms with Crippen LogP contribution in [-0.4, -0.2) is 11.8 Å². The van der Waals surface area contributed by atoms with Gasteiger partial charge in [0, 0.05) is 11.3 Å². The van der Waals surface area contributed by atoms with E-state index in [1.165, 1.54) is 0 Å². The minimum Gasteiger partial charge on any atom is -0.366 e. The Labute approximate surface area is 86.9 Å². The fourth-order valence-corrected chi connectivity index (χ4v) is 1.38. The number of benzene rings is 1. The van der Waals surface area contributed by atoms with Crippen molar-refractivity contribution in [2.75, 3.05) is 5.32 Å². The van der Waals surface area contributed by atoms with Crippen LogP contribution in [0.3, 0.4) is 0 Å². The van der Waals surface area contributed by atoms with Gasteiger partial charge in [-0.2, -0.15) is 0 Å². The Morgan fingerprint density at radius 1 is 1.43 bits per heavy atom. The monoisotopic (exact) mass is 212 g/mol. The topological polar surface area (TPSA) is 72.2 Å². The van der Waals surface area contributed by atoms with Crippen LogP contribution in [0.15, 0.2) is 18.2 Å². The molecular formula is C9H9ClN2O2. The van der Waals surface area contributed by atoms with Crippen molar-refractivity contribution in [2.24, 2.45) is 5.73 Å². The highest BCUT2D eigenvalue weighted by Gasteiger charge is 2.18. The molecule has 0 unspecified atom stereocenters. The maximum Gasteiger partial charge on any atom is 0.248 e. The van der Waals surface area contributed by atoms with Gasteiger partial charge in [0.15, 0.2) is 0 Å². The van der Waals surface area contributed by atoms with E-state index in [2.05, 4.69) is 5.32 Å². The molecule has 0 aliphatic carbocycles. The summed E-state index contributed by atoms with van der Waals surface area (Å²) in [4.78, 5) is 21.8. The maximum atomic E-state index is 11.0. The maximum absolute atomic E-state index is 11.0. The van der Waals surface area contributed by atoms with Gasteiger partial charge in [0.25, 0.3) is 0 Å². The fraction of sp³-hybridized carbons (Fsp3) is 0.111. The molecule has 0 saturated heterocycles. The average Bonchev–Trinajstić information content (AvgIpc) is 2.42. The molecule has 0 radical (unpaired) electrons. The molecule has 14 heavy (non-hydrogen) atoms. The molecule has 1 aliphatic rings. The van der Waals surface area contributed by atoms with Crippen molar-refractivity contribution in [3.8, 4) is 0 Å². The smallest absolute Gasteiger partial charge is 0.248 e. The number of hydrogen-bond donors (Lipinski definition) is 2. The van der Waals surface area contributed by atoms with Gasteiger partial charge < -0.3 is 11.1 Å². The zero-order chi connectivity index (χ0) is 9.42. The van der Waals surface area contributed by atoms with Crippen molar-refractivity contribution in [2.45, 2.75) is 6.42 Å². The molecule has 0 bridgehead atoms. The first kappa shape index (κ1) is 10.5. The molecule has 1 aliphatic heterocycles. The summed E-state index contributed by atoms with van der Waals surface area (Å²) in [6.45, 7) is 0. The number of nitrogens with two attached hydrogens (primary N) is 1. The number of nitrogens with one attached hydrogen (secondary N) is 1. The van der Waals surface area contributed by atoms with Crippen LogP contribution in [0.1, 0.15) is 15.9 Å². The number of primary amides is 1. The molecule has 5 heteroatoms. The van der Waals surface area contributed by atoms with Gasteiger partial charge in [-0.1, -0.05) is 0 Å². The minimum atomic E-state index is -0.470. The number of carbonyl (C=O) groups is 2. The van der Waals surface area contributed by atoms with E-state index in [0.717, 1.165) is 11.3 Å². The highest BCUT2D eigenvalue weighted by atomic mass is 35.5. The third-order valence-electron chi connectivity index (χ3n) is 2.01. The minimum absolute atomic E-state index is 0. The number of rotatable bonds is 1. The molecule has 0 atom stereocenters. The lowest BCUT2D eigenvalue weighted by Gasteiger charge is -1.99. The van der Waals surface area contributed by atoms with Crippen LogP contribution >= 0.6 is 12.4 Å². The lowest BCUT2D eigenvalue weighted by molar-refractivity contribution is -0.115. The van der Waals surface area contributed by atoms with E-state index in [0.29, 0.717) is 12.0 Å². The Morgan fingerprint density at radius 2 is 2.14 bits per heavy atom. The second kappa shape index (κ2) is 3.67. The highest BCUT2D eigenvalue weighted by Crippen LogP contribution is 2.23. The molecule has 1 aromatic carbocycles. The van der Waals surface area contributed by atoms with E-state index in [1.807, 2.05) is 0 Å². The molecule has 1 heterocycles. The van der Waals surface area contributed by atoms with Gasteiger partial charge in [-0.25, -0.2) is 0 Å². The zero-order valence-electron chi connectivity index (χ0n) is 7.24. The molecule has 2 rings (SSSR count). The number of fused-ring (bicyclic) bond motifs is 1. The molecule has 4 nitrogen and oxygen atoms in total. The van der Waals surface area contributed by atoms with Crippen LogP contribution in [0.25, 0.3) is 0 Å². The predicted molar refractivity (Wildman–Crippen MR) is 54.5 cm³/mol. The summed E-state index contributed by atoms with van der Waals surface area (Å²) in [5, 5.41) is 2.67. The Kier molecular flexibility index (Phi) is 2.76. The molecule has 74 valence electrons. The number of anilines is 1. The lowest BCUT2D eigenvalue weighted by Crippen LogP contribution is -2.10. The summed E-state index contributed by atoms with van der Waals surface area (Å²) in [7, 11) is 0. The van der Waals surface area contributed by atoms with Crippen molar-refractivity contribution in [1.82, 2.24) is 0 Å². The summed E-state index contributed by atoms with van der Waals surface area (Å²) in [5.41, 5.74) is 7.15. The van der Waals surface area contributed by atoms with Gasteiger partial charge in [0.05, 0.1) is 6.42 Å². The summed E-state index contributed by atoms with van der Waals surface area (Å²) in [5.74, 6) is -0.515. The van der Waals surface area contributed by atoms with Crippen molar-refractivity contribution >= 4 is 29.9 Å². The van der Waals surface area contributed by atoms with Gasteiger partial charge in [-0.05, 0) is 23.8 Å². The number of hydrogen-bond acceptors (Lipinski definition) is 2. The first-order chi connectivity index (χ1) is 6.16. The molecule has 3 N–H and O–H groups in total. The van der Waals surface area contributed by atoms with Gasteiger partial charge in [-0.15, -0.1) is 12.4 Å². The van der Waals surface area contributed by atoms with E-state index in [-0.39, 0.29) is 18.3 Å². The van der Waals surface area contributed by atoms with Crippen molar-refractivity contribution in [1.29, 1.82) is 0 Å².